The second kappa shape index (κ2) is 11.8. The molecule has 0 spiro atoms. The molecule has 182 valence electrons. The van der Waals surface area contributed by atoms with Gasteiger partial charge >= 0.3 is 0 Å². The fourth-order valence-electron chi connectivity index (χ4n) is 4.86. The topological polar surface area (TPSA) is 27.7 Å². The zero-order chi connectivity index (χ0) is 24.6. The van der Waals surface area contributed by atoms with Gasteiger partial charge in [-0.15, -0.1) is 0 Å². The van der Waals surface area contributed by atoms with E-state index in [4.69, 9.17) is 13.9 Å². The van der Waals surface area contributed by atoms with Crippen molar-refractivity contribution in [2.75, 3.05) is 13.2 Å². The number of hydrogen-bond donors (Lipinski definition) is 0. The van der Waals surface area contributed by atoms with Crippen LogP contribution < -0.4 is 10.4 Å². The highest BCUT2D eigenvalue weighted by Crippen LogP contribution is 2.37. The quantitative estimate of drug-likeness (QED) is 0.246. The van der Waals surface area contributed by atoms with Gasteiger partial charge in [-0.05, 0) is 33.8 Å². The molecule has 1 aliphatic heterocycles. The van der Waals surface area contributed by atoms with Crippen LogP contribution in [0.25, 0.3) is 0 Å². The van der Waals surface area contributed by atoms with E-state index in [1.165, 1.54) is 10.4 Å². The van der Waals surface area contributed by atoms with Gasteiger partial charge in [0, 0.05) is 0 Å². The van der Waals surface area contributed by atoms with Crippen molar-refractivity contribution in [3.05, 3.63) is 96.6 Å². The Bertz CT molecular complexity index is 1060. The van der Waals surface area contributed by atoms with Gasteiger partial charge in [0.1, 0.15) is 12.7 Å². The molecule has 0 saturated carbocycles. The Morgan fingerprint density at radius 1 is 0.829 bits per heavy atom. The van der Waals surface area contributed by atoms with E-state index < -0.39 is 8.32 Å². The van der Waals surface area contributed by atoms with Crippen molar-refractivity contribution in [1.29, 1.82) is 0 Å². The highest BCUT2D eigenvalue weighted by atomic mass is 28.4. The minimum absolute atomic E-state index is 0.0381. The standard InChI is InChI=1S/C31H36O3Si/c1-31(2,3)35(29-17-9-5-10-18-29,30-19-11-6-12-20-30)33-25-28-22-21-27(34-28)16-13-23-32-24-26-14-7-4-8-15-26/h4-12,14-15,17-20,27-28H,21-25H2,1-3H3/t27-,28+/m1/s1. The lowest BCUT2D eigenvalue weighted by Crippen LogP contribution is -2.67. The number of ether oxygens (including phenoxy) is 2. The normalized spacial score (nSPS) is 18.1. The molecule has 1 heterocycles. The molecule has 0 N–H and O–H groups in total. The summed E-state index contributed by atoms with van der Waals surface area (Å²) in [5.74, 6) is 6.38. The summed E-state index contributed by atoms with van der Waals surface area (Å²) in [6.07, 6.45) is 1.90. The molecule has 3 nitrogen and oxygen atoms in total. The van der Waals surface area contributed by atoms with E-state index in [1.54, 1.807) is 0 Å². The molecule has 0 aliphatic carbocycles. The van der Waals surface area contributed by atoms with Crippen molar-refractivity contribution in [3.63, 3.8) is 0 Å². The summed E-state index contributed by atoms with van der Waals surface area (Å²) in [6.45, 7) is 8.49. The molecule has 0 bridgehead atoms. The first kappa shape index (κ1) is 25.4. The van der Waals surface area contributed by atoms with Crippen LogP contribution in [0, 0.1) is 11.8 Å². The van der Waals surface area contributed by atoms with Gasteiger partial charge in [0.15, 0.2) is 0 Å². The third-order valence-electron chi connectivity index (χ3n) is 6.56. The van der Waals surface area contributed by atoms with E-state index in [1.807, 2.05) is 18.2 Å². The van der Waals surface area contributed by atoms with Gasteiger partial charge in [-0.25, -0.2) is 0 Å². The number of hydrogen-bond acceptors (Lipinski definition) is 3. The van der Waals surface area contributed by atoms with E-state index in [2.05, 4.69) is 105 Å². The van der Waals surface area contributed by atoms with Crippen molar-refractivity contribution in [2.45, 2.75) is 57.5 Å². The molecule has 35 heavy (non-hydrogen) atoms. The third-order valence-corrected chi connectivity index (χ3v) is 11.6. The first-order chi connectivity index (χ1) is 17.0. The maximum atomic E-state index is 7.03. The predicted molar refractivity (Wildman–Crippen MR) is 145 cm³/mol. The van der Waals surface area contributed by atoms with E-state index in [0.29, 0.717) is 19.8 Å². The zero-order valence-corrected chi connectivity index (χ0v) is 22.1. The van der Waals surface area contributed by atoms with Crippen LogP contribution in [-0.2, 0) is 20.5 Å². The zero-order valence-electron chi connectivity index (χ0n) is 21.1. The molecule has 3 aromatic rings. The van der Waals surface area contributed by atoms with Crippen LogP contribution in [0.3, 0.4) is 0 Å². The van der Waals surface area contributed by atoms with Gasteiger partial charge in [0.25, 0.3) is 8.32 Å². The van der Waals surface area contributed by atoms with Crippen LogP contribution in [0.5, 0.6) is 0 Å². The molecule has 4 rings (SSSR count). The van der Waals surface area contributed by atoms with Crippen molar-refractivity contribution in [2.24, 2.45) is 0 Å². The van der Waals surface area contributed by atoms with Crippen molar-refractivity contribution in [1.82, 2.24) is 0 Å². The second-order valence-corrected chi connectivity index (χ2v) is 14.4. The fraction of sp³-hybridized carbons (Fsp3) is 0.355. The van der Waals surface area contributed by atoms with Crippen LogP contribution in [-0.4, -0.2) is 33.7 Å². The van der Waals surface area contributed by atoms with Gasteiger partial charge in [0.2, 0.25) is 0 Å². The summed E-state index contributed by atoms with van der Waals surface area (Å²) in [4.78, 5) is 0. The van der Waals surface area contributed by atoms with Gasteiger partial charge in [0.05, 0.1) is 19.3 Å². The molecule has 3 aromatic carbocycles. The molecule has 0 amide bonds. The van der Waals surface area contributed by atoms with Gasteiger partial charge < -0.3 is 13.9 Å². The molecule has 0 aromatic heterocycles. The largest absolute Gasteiger partial charge is 0.405 e. The van der Waals surface area contributed by atoms with Gasteiger partial charge in [-0.2, -0.15) is 0 Å². The number of rotatable bonds is 8. The third kappa shape index (κ3) is 6.31. The number of benzene rings is 3. The molecular weight excluding hydrogens is 448 g/mol. The molecule has 1 fully saturated rings. The Morgan fingerprint density at radius 2 is 1.40 bits per heavy atom. The molecule has 1 saturated heterocycles. The van der Waals surface area contributed by atoms with Crippen LogP contribution in [0.1, 0.15) is 39.2 Å². The Kier molecular flexibility index (Phi) is 8.59. The van der Waals surface area contributed by atoms with Gasteiger partial charge in [-0.3, -0.25) is 0 Å². The summed E-state index contributed by atoms with van der Waals surface area (Å²) >= 11 is 0. The lowest BCUT2D eigenvalue weighted by molar-refractivity contribution is 0.0391. The summed E-state index contributed by atoms with van der Waals surface area (Å²) in [7, 11) is -2.54. The van der Waals surface area contributed by atoms with Crippen LogP contribution in [0.15, 0.2) is 91.0 Å². The lowest BCUT2D eigenvalue weighted by Gasteiger charge is -2.43. The molecule has 0 radical (unpaired) electrons. The minimum Gasteiger partial charge on any atom is -0.405 e. The molecule has 2 atom stereocenters. The fourth-order valence-corrected chi connectivity index (χ4v) is 9.46. The van der Waals surface area contributed by atoms with E-state index >= 15 is 0 Å². The maximum Gasteiger partial charge on any atom is 0.261 e. The maximum absolute atomic E-state index is 7.03. The Labute approximate surface area is 211 Å². The van der Waals surface area contributed by atoms with E-state index in [9.17, 15) is 0 Å². The first-order valence-corrected chi connectivity index (χ1v) is 14.4. The van der Waals surface area contributed by atoms with Crippen molar-refractivity contribution in [3.8, 4) is 11.8 Å². The van der Waals surface area contributed by atoms with Crippen LogP contribution >= 0.6 is 0 Å². The smallest absolute Gasteiger partial charge is 0.261 e. The van der Waals surface area contributed by atoms with Crippen molar-refractivity contribution >= 4 is 18.7 Å². The Balaban J connectivity index is 1.39. The average molecular weight is 485 g/mol. The summed E-state index contributed by atoms with van der Waals surface area (Å²) in [5, 5.41) is 2.55. The van der Waals surface area contributed by atoms with Crippen LogP contribution in [0.2, 0.25) is 5.04 Å². The average Bonchev–Trinajstić information content (AvgIpc) is 3.33. The summed E-state index contributed by atoms with van der Waals surface area (Å²) < 4.78 is 19.0. The highest BCUT2D eigenvalue weighted by molar-refractivity contribution is 6.99. The Morgan fingerprint density at radius 3 is 1.97 bits per heavy atom. The van der Waals surface area contributed by atoms with Crippen molar-refractivity contribution < 1.29 is 13.9 Å². The highest BCUT2D eigenvalue weighted by Gasteiger charge is 2.50. The first-order valence-electron chi connectivity index (χ1n) is 12.5. The van der Waals surface area contributed by atoms with Gasteiger partial charge in [-0.1, -0.05) is 124 Å². The second-order valence-electron chi connectivity index (χ2n) is 10.1. The van der Waals surface area contributed by atoms with E-state index in [0.717, 1.165) is 18.4 Å². The minimum atomic E-state index is -2.54. The predicted octanol–water partition coefficient (Wildman–Crippen LogP) is 5.33. The lowest BCUT2D eigenvalue weighted by atomic mass is 10.2. The molecule has 4 heteroatoms. The summed E-state index contributed by atoms with van der Waals surface area (Å²) in [6, 6.07) is 31.7. The molecular formula is C31H36O3Si. The Hall–Kier alpha value is -2.68. The SMILES string of the molecule is CC(C)(C)[Si](OC[C@@H]1CC[C@@H](C#CCOCc2ccccc2)O1)(c1ccccc1)c1ccccc1. The molecule has 0 unspecified atom stereocenters. The summed E-state index contributed by atoms with van der Waals surface area (Å²) in [5.41, 5.74) is 1.16. The van der Waals surface area contributed by atoms with E-state index in [-0.39, 0.29) is 17.2 Å². The molecule has 1 aliphatic rings. The van der Waals surface area contributed by atoms with Crippen LogP contribution in [0.4, 0.5) is 0 Å². The monoisotopic (exact) mass is 484 g/mol.